The molecular formula is C12H13Cl2NO3S. The summed E-state index contributed by atoms with van der Waals surface area (Å²) in [7, 11) is -3.00. The second-order valence-corrected chi connectivity index (χ2v) is 7.59. The van der Waals surface area contributed by atoms with Crippen LogP contribution in [-0.2, 0) is 21.1 Å². The number of sulfone groups is 1. The molecule has 1 heterocycles. The van der Waals surface area contributed by atoms with E-state index in [-0.39, 0.29) is 29.9 Å². The van der Waals surface area contributed by atoms with E-state index in [2.05, 4.69) is 5.32 Å². The molecule has 0 bridgehead atoms. The number of amides is 1. The molecule has 0 aliphatic carbocycles. The molecule has 104 valence electrons. The van der Waals surface area contributed by atoms with Crippen LogP contribution in [-0.4, -0.2) is 31.9 Å². The zero-order valence-electron chi connectivity index (χ0n) is 10.0. The van der Waals surface area contributed by atoms with Crippen LogP contribution in [0, 0.1) is 0 Å². The lowest BCUT2D eigenvalue weighted by atomic mass is 10.1. The van der Waals surface area contributed by atoms with Gasteiger partial charge in [0.1, 0.15) is 0 Å². The molecule has 1 fully saturated rings. The Bertz CT molecular complexity index is 581. The number of carbonyl (C=O) groups excluding carboxylic acids is 1. The van der Waals surface area contributed by atoms with E-state index >= 15 is 0 Å². The van der Waals surface area contributed by atoms with Gasteiger partial charge in [-0.2, -0.15) is 0 Å². The van der Waals surface area contributed by atoms with Gasteiger partial charge in [0, 0.05) is 16.1 Å². The van der Waals surface area contributed by atoms with Crippen molar-refractivity contribution in [3.05, 3.63) is 33.8 Å². The SMILES string of the molecule is O=C(Cc1c(Cl)cccc1Cl)N[C@H]1CCS(=O)(=O)C1. The minimum absolute atomic E-state index is 0.00892. The number of halogens is 2. The number of carbonyl (C=O) groups is 1. The maximum absolute atomic E-state index is 11.9. The average Bonchev–Trinajstić information content (AvgIpc) is 2.63. The Kier molecular flexibility index (Phi) is 4.38. The Balaban J connectivity index is 1.99. The van der Waals surface area contributed by atoms with Gasteiger partial charge in [0.2, 0.25) is 5.91 Å². The first-order valence-corrected chi connectivity index (χ1v) is 8.38. The van der Waals surface area contributed by atoms with Crippen molar-refractivity contribution in [3.63, 3.8) is 0 Å². The monoisotopic (exact) mass is 321 g/mol. The van der Waals surface area contributed by atoms with Crippen molar-refractivity contribution in [3.8, 4) is 0 Å². The smallest absolute Gasteiger partial charge is 0.224 e. The molecule has 1 amide bonds. The van der Waals surface area contributed by atoms with Crippen molar-refractivity contribution in [2.45, 2.75) is 18.9 Å². The quantitative estimate of drug-likeness (QED) is 0.923. The first kappa shape index (κ1) is 14.6. The topological polar surface area (TPSA) is 63.2 Å². The molecule has 1 saturated heterocycles. The van der Waals surface area contributed by atoms with Crippen LogP contribution >= 0.6 is 23.2 Å². The van der Waals surface area contributed by atoms with Gasteiger partial charge in [0.15, 0.2) is 9.84 Å². The summed E-state index contributed by atoms with van der Waals surface area (Å²) in [6, 6.07) is 4.72. The number of hydrogen-bond donors (Lipinski definition) is 1. The van der Waals surface area contributed by atoms with Gasteiger partial charge in [0.05, 0.1) is 17.9 Å². The molecule has 0 aromatic heterocycles. The molecule has 1 atom stereocenters. The van der Waals surface area contributed by atoms with E-state index < -0.39 is 9.84 Å². The Labute approximate surface area is 122 Å². The molecule has 2 rings (SSSR count). The highest BCUT2D eigenvalue weighted by Gasteiger charge is 2.29. The predicted octanol–water partition coefficient (Wildman–Crippen LogP) is 1.84. The zero-order chi connectivity index (χ0) is 14.0. The van der Waals surface area contributed by atoms with Crippen molar-refractivity contribution >= 4 is 38.9 Å². The Morgan fingerprint density at radius 1 is 1.32 bits per heavy atom. The second kappa shape index (κ2) is 5.69. The van der Waals surface area contributed by atoms with Crippen LogP contribution in [0.15, 0.2) is 18.2 Å². The predicted molar refractivity (Wildman–Crippen MR) is 75.4 cm³/mol. The van der Waals surface area contributed by atoms with Crippen molar-refractivity contribution in [2.75, 3.05) is 11.5 Å². The molecule has 0 saturated carbocycles. The minimum atomic E-state index is -3.00. The third-order valence-corrected chi connectivity index (χ3v) is 5.47. The summed E-state index contributed by atoms with van der Waals surface area (Å²) in [6.45, 7) is 0. The molecule has 19 heavy (non-hydrogen) atoms. The standard InChI is InChI=1S/C12H13Cl2NO3S/c13-10-2-1-3-11(14)9(10)6-12(16)15-8-4-5-19(17,18)7-8/h1-3,8H,4-7H2,(H,15,16)/t8-/m0/s1. The summed E-state index contributed by atoms with van der Waals surface area (Å²) in [5.41, 5.74) is 0.559. The molecular weight excluding hydrogens is 309 g/mol. The van der Waals surface area contributed by atoms with Gasteiger partial charge in [0.25, 0.3) is 0 Å². The fourth-order valence-corrected chi connectivity index (χ4v) is 4.25. The highest BCUT2D eigenvalue weighted by atomic mass is 35.5. The van der Waals surface area contributed by atoms with Gasteiger partial charge < -0.3 is 5.32 Å². The second-order valence-electron chi connectivity index (χ2n) is 4.54. The molecule has 0 radical (unpaired) electrons. The molecule has 1 aromatic carbocycles. The molecule has 0 unspecified atom stereocenters. The lowest BCUT2D eigenvalue weighted by Gasteiger charge is -2.12. The van der Waals surface area contributed by atoms with Gasteiger partial charge in [-0.3, -0.25) is 4.79 Å². The zero-order valence-corrected chi connectivity index (χ0v) is 12.4. The van der Waals surface area contributed by atoms with Crippen molar-refractivity contribution in [1.29, 1.82) is 0 Å². The van der Waals surface area contributed by atoms with E-state index in [1.54, 1.807) is 18.2 Å². The van der Waals surface area contributed by atoms with Gasteiger partial charge in [-0.15, -0.1) is 0 Å². The van der Waals surface area contributed by atoms with Crippen LogP contribution < -0.4 is 5.32 Å². The van der Waals surface area contributed by atoms with Crippen molar-refractivity contribution in [2.24, 2.45) is 0 Å². The third kappa shape index (κ3) is 3.84. The van der Waals surface area contributed by atoms with Gasteiger partial charge in [-0.1, -0.05) is 29.3 Å². The van der Waals surface area contributed by atoms with Crippen LogP contribution in [0.5, 0.6) is 0 Å². The summed E-state index contributed by atoms with van der Waals surface area (Å²) in [5.74, 6) is -0.128. The lowest BCUT2D eigenvalue weighted by molar-refractivity contribution is -0.120. The van der Waals surface area contributed by atoms with E-state index in [4.69, 9.17) is 23.2 Å². The van der Waals surface area contributed by atoms with Crippen molar-refractivity contribution in [1.82, 2.24) is 5.32 Å². The van der Waals surface area contributed by atoms with Crippen molar-refractivity contribution < 1.29 is 13.2 Å². The van der Waals surface area contributed by atoms with E-state index in [0.29, 0.717) is 22.0 Å². The number of nitrogens with one attached hydrogen (secondary N) is 1. The van der Waals surface area contributed by atoms with Gasteiger partial charge in [-0.05, 0) is 24.1 Å². The van der Waals surface area contributed by atoms with Crippen LogP contribution in [0.1, 0.15) is 12.0 Å². The molecule has 7 heteroatoms. The summed E-state index contributed by atoms with van der Waals surface area (Å²) in [6.07, 6.45) is 0.513. The maximum atomic E-state index is 11.9. The Hall–Kier alpha value is -0.780. The normalized spacial score (nSPS) is 21.3. The average molecular weight is 322 g/mol. The highest BCUT2D eigenvalue weighted by molar-refractivity contribution is 7.91. The number of hydrogen-bond acceptors (Lipinski definition) is 3. The molecule has 1 aromatic rings. The van der Waals surface area contributed by atoms with E-state index in [0.717, 1.165) is 0 Å². The van der Waals surface area contributed by atoms with Crippen LogP contribution in [0.4, 0.5) is 0 Å². The molecule has 1 aliphatic rings. The summed E-state index contributed by atoms with van der Waals surface area (Å²) in [5, 5.41) is 3.57. The molecule has 1 N–H and O–H groups in total. The first-order chi connectivity index (χ1) is 8.87. The third-order valence-electron chi connectivity index (χ3n) is 3.00. The Morgan fingerprint density at radius 3 is 2.47 bits per heavy atom. The van der Waals surface area contributed by atoms with E-state index in [9.17, 15) is 13.2 Å². The fraction of sp³-hybridized carbons (Fsp3) is 0.417. The van der Waals surface area contributed by atoms with E-state index in [1.807, 2.05) is 0 Å². The summed E-state index contributed by atoms with van der Waals surface area (Å²) >= 11 is 12.0. The molecule has 1 aliphatic heterocycles. The van der Waals surface area contributed by atoms with Crippen LogP contribution in [0.3, 0.4) is 0 Å². The lowest BCUT2D eigenvalue weighted by Crippen LogP contribution is -2.36. The number of benzene rings is 1. The first-order valence-electron chi connectivity index (χ1n) is 5.80. The van der Waals surface area contributed by atoms with Crippen LogP contribution in [0.2, 0.25) is 10.0 Å². The summed E-state index contributed by atoms with van der Waals surface area (Å²) < 4.78 is 22.6. The highest BCUT2D eigenvalue weighted by Crippen LogP contribution is 2.24. The fourth-order valence-electron chi connectivity index (χ4n) is 2.05. The maximum Gasteiger partial charge on any atom is 0.224 e. The largest absolute Gasteiger partial charge is 0.352 e. The van der Waals surface area contributed by atoms with Gasteiger partial charge >= 0.3 is 0 Å². The Morgan fingerprint density at radius 2 is 1.95 bits per heavy atom. The van der Waals surface area contributed by atoms with Crippen LogP contribution in [0.25, 0.3) is 0 Å². The minimum Gasteiger partial charge on any atom is -0.352 e. The van der Waals surface area contributed by atoms with E-state index in [1.165, 1.54) is 0 Å². The molecule has 0 spiro atoms. The van der Waals surface area contributed by atoms with Gasteiger partial charge in [-0.25, -0.2) is 8.42 Å². The summed E-state index contributed by atoms with van der Waals surface area (Å²) in [4.78, 5) is 11.9. The number of rotatable bonds is 3. The molecule has 4 nitrogen and oxygen atoms in total.